The summed E-state index contributed by atoms with van der Waals surface area (Å²) in [6.07, 6.45) is 2.04. The molecular weight excluding hydrogens is 298 g/mol. The van der Waals surface area contributed by atoms with Crippen LogP contribution in [0.3, 0.4) is 0 Å². The van der Waals surface area contributed by atoms with Crippen LogP contribution in [0.5, 0.6) is 11.5 Å². The van der Waals surface area contributed by atoms with E-state index in [1.165, 1.54) is 0 Å². The van der Waals surface area contributed by atoms with Crippen LogP contribution in [0.2, 0.25) is 0 Å². The van der Waals surface area contributed by atoms with Gasteiger partial charge in [-0.3, -0.25) is 9.59 Å². The standard InChI is InChI=1S/C17H23NO5/c1-3-23-15-9-11(6-7-14(15)22-2)5-4-8-18-16(19)12-10-13(12)17(20)21/h6-7,9,12-13H,3-5,8,10H2,1-2H3,(H,18,19)(H,20,21)/t12-,13-/m1/s1. The summed E-state index contributed by atoms with van der Waals surface area (Å²) < 4.78 is 10.8. The van der Waals surface area contributed by atoms with E-state index in [9.17, 15) is 9.59 Å². The first-order valence-corrected chi connectivity index (χ1v) is 7.87. The van der Waals surface area contributed by atoms with Gasteiger partial charge in [-0.25, -0.2) is 0 Å². The van der Waals surface area contributed by atoms with E-state index in [0.29, 0.717) is 25.3 Å². The van der Waals surface area contributed by atoms with Crippen molar-refractivity contribution in [3.8, 4) is 11.5 Å². The predicted octanol–water partition coefficient (Wildman–Crippen LogP) is 1.86. The Morgan fingerprint density at radius 1 is 1.30 bits per heavy atom. The Morgan fingerprint density at radius 3 is 2.70 bits per heavy atom. The number of nitrogens with one attached hydrogen (secondary N) is 1. The molecule has 0 saturated heterocycles. The minimum absolute atomic E-state index is 0.151. The van der Waals surface area contributed by atoms with Gasteiger partial charge in [0.1, 0.15) is 0 Å². The van der Waals surface area contributed by atoms with Crippen LogP contribution in [0.15, 0.2) is 18.2 Å². The lowest BCUT2D eigenvalue weighted by Gasteiger charge is -2.11. The highest BCUT2D eigenvalue weighted by atomic mass is 16.5. The molecule has 1 amide bonds. The molecule has 0 spiro atoms. The summed E-state index contributed by atoms with van der Waals surface area (Å²) in [5, 5.41) is 11.6. The van der Waals surface area contributed by atoms with Gasteiger partial charge in [0.2, 0.25) is 5.91 Å². The summed E-state index contributed by atoms with van der Waals surface area (Å²) in [5.74, 6) is -0.450. The molecule has 6 nitrogen and oxygen atoms in total. The lowest BCUT2D eigenvalue weighted by atomic mass is 10.1. The second kappa shape index (κ2) is 7.85. The monoisotopic (exact) mass is 321 g/mol. The lowest BCUT2D eigenvalue weighted by molar-refractivity contribution is -0.140. The van der Waals surface area contributed by atoms with Crippen LogP contribution in [0, 0.1) is 11.8 Å². The van der Waals surface area contributed by atoms with Crippen molar-refractivity contribution in [3.05, 3.63) is 23.8 Å². The number of aliphatic carboxylic acids is 1. The van der Waals surface area contributed by atoms with Crippen molar-refractivity contribution in [3.63, 3.8) is 0 Å². The maximum Gasteiger partial charge on any atom is 0.307 e. The molecule has 1 aromatic carbocycles. The molecular formula is C17H23NO5. The number of hydrogen-bond acceptors (Lipinski definition) is 4. The third-order valence-corrected chi connectivity index (χ3v) is 3.91. The molecule has 1 aliphatic carbocycles. The Kier molecular flexibility index (Phi) is 5.84. The van der Waals surface area contributed by atoms with E-state index in [1.54, 1.807) is 7.11 Å². The van der Waals surface area contributed by atoms with Crippen molar-refractivity contribution < 1.29 is 24.2 Å². The van der Waals surface area contributed by atoms with Gasteiger partial charge in [-0.05, 0) is 43.9 Å². The van der Waals surface area contributed by atoms with Crippen molar-refractivity contribution >= 4 is 11.9 Å². The van der Waals surface area contributed by atoms with E-state index in [1.807, 2.05) is 25.1 Å². The van der Waals surface area contributed by atoms with Crippen LogP contribution in [0.25, 0.3) is 0 Å². The number of carbonyl (C=O) groups excluding carboxylic acids is 1. The third kappa shape index (κ3) is 4.61. The van der Waals surface area contributed by atoms with Crippen LogP contribution < -0.4 is 14.8 Å². The number of amides is 1. The number of methoxy groups -OCH3 is 1. The van der Waals surface area contributed by atoms with Gasteiger partial charge in [-0.2, -0.15) is 0 Å². The molecule has 0 bridgehead atoms. The topological polar surface area (TPSA) is 84.9 Å². The molecule has 0 radical (unpaired) electrons. The molecule has 2 N–H and O–H groups in total. The van der Waals surface area contributed by atoms with Crippen molar-refractivity contribution in [2.24, 2.45) is 11.8 Å². The Labute approximate surface area is 135 Å². The van der Waals surface area contributed by atoms with Gasteiger partial charge >= 0.3 is 5.97 Å². The van der Waals surface area contributed by atoms with E-state index >= 15 is 0 Å². The molecule has 2 atom stereocenters. The van der Waals surface area contributed by atoms with Gasteiger partial charge in [0.15, 0.2) is 11.5 Å². The first-order chi connectivity index (χ1) is 11.1. The second-order valence-electron chi connectivity index (χ2n) is 5.60. The SMILES string of the molecule is CCOc1cc(CCCNC(=O)[C@@H]2C[C@H]2C(=O)O)ccc1OC. The number of carboxylic acids is 1. The van der Waals surface area contributed by atoms with Crippen molar-refractivity contribution in [2.75, 3.05) is 20.3 Å². The zero-order chi connectivity index (χ0) is 16.8. The van der Waals surface area contributed by atoms with Crippen molar-refractivity contribution in [2.45, 2.75) is 26.2 Å². The fourth-order valence-electron chi connectivity index (χ4n) is 2.54. The number of benzene rings is 1. The molecule has 1 saturated carbocycles. The molecule has 6 heteroatoms. The Balaban J connectivity index is 1.75. The molecule has 0 unspecified atom stereocenters. The lowest BCUT2D eigenvalue weighted by Crippen LogP contribution is -2.27. The predicted molar refractivity (Wildman–Crippen MR) is 84.7 cm³/mol. The summed E-state index contributed by atoms with van der Waals surface area (Å²) in [7, 11) is 1.61. The summed E-state index contributed by atoms with van der Waals surface area (Å²) in [5.41, 5.74) is 1.11. The van der Waals surface area contributed by atoms with Gasteiger partial charge < -0.3 is 19.9 Å². The molecule has 0 aliphatic heterocycles. The summed E-state index contributed by atoms with van der Waals surface area (Å²) in [6.45, 7) is 3.03. The molecule has 0 heterocycles. The number of hydrogen-bond donors (Lipinski definition) is 2. The zero-order valence-corrected chi connectivity index (χ0v) is 13.5. The first kappa shape index (κ1) is 17.1. The molecule has 1 fully saturated rings. The van der Waals surface area contributed by atoms with Crippen LogP contribution in [-0.2, 0) is 16.0 Å². The number of aryl methyl sites for hydroxylation is 1. The minimum Gasteiger partial charge on any atom is -0.493 e. The second-order valence-corrected chi connectivity index (χ2v) is 5.60. The molecule has 0 aromatic heterocycles. The highest BCUT2D eigenvalue weighted by molar-refractivity contribution is 5.89. The minimum atomic E-state index is -0.883. The number of rotatable bonds is 9. The normalized spacial score (nSPS) is 19.0. The van der Waals surface area contributed by atoms with Gasteiger partial charge in [-0.1, -0.05) is 6.07 Å². The van der Waals surface area contributed by atoms with E-state index in [4.69, 9.17) is 14.6 Å². The molecule has 23 heavy (non-hydrogen) atoms. The van der Waals surface area contributed by atoms with Crippen molar-refractivity contribution in [1.82, 2.24) is 5.32 Å². The van der Waals surface area contributed by atoms with Crippen LogP contribution in [0.4, 0.5) is 0 Å². The van der Waals surface area contributed by atoms with E-state index < -0.39 is 11.9 Å². The van der Waals surface area contributed by atoms with Crippen LogP contribution >= 0.6 is 0 Å². The average Bonchev–Trinajstić information content (AvgIpc) is 3.33. The number of ether oxygens (including phenoxy) is 2. The van der Waals surface area contributed by atoms with Gasteiger partial charge in [0.25, 0.3) is 0 Å². The first-order valence-electron chi connectivity index (χ1n) is 7.87. The quantitative estimate of drug-likeness (QED) is 0.678. The number of carbonyl (C=O) groups is 2. The van der Waals surface area contributed by atoms with E-state index in [2.05, 4.69) is 5.32 Å². The Morgan fingerprint density at radius 2 is 2.09 bits per heavy atom. The molecule has 2 rings (SSSR count). The van der Waals surface area contributed by atoms with Gasteiger partial charge in [0.05, 0.1) is 25.6 Å². The maximum atomic E-state index is 11.7. The van der Waals surface area contributed by atoms with Gasteiger partial charge in [-0.15, -0.1) is 0 Å². The summed E-state index contributed by atoms with van der Waals surface area (Å²) >= 11 is 0. The fraction of sp³-hybridized carbons (Fsp3) is 0.529. The van der Waals surface area contributed by atoms with Crippen LogP contribution in [-0.4, -0.2) is 37.2 Å². The molecule has 1 aliphatic rings. The average molecular weight is 321 g/mol. The highest BCUT2D eigenvalue weighted by Crippen LogP contribution is 2.38. The molecule has 1 aromatic rings. The smallest absolute Gasteiger partial charge is 0.307 e. The van der Waals surface area contributed by atoms with E-state index in [0.717, 1.165) is 24.2 Å². The fourth-order valence-corrected chi connectivity index (χ4v) is 2.54. The molecule has 126 valence electrons. The van der Waals surface area contributed by atoms with Crippen molar-refractivity contribution in [1.29, 1.82) is 0 Å². The largest absolute Gasteiger partial charge is 0.493 e. The Hall–Kier alpha value is -2.24. The summed E-state index contributed by atoms with van der Waals surface area (Å²) in [6, 6.07) is 5.80. The Bertz CT molecular complexity index is 572. The van der Waals surface area contributed by atoms with Crippen LogP contribution in [0.1, 0.15) is 25.3 Å². The van der Waals surface area contributed by atoms with Gasteiger partial charge in [0, 0.05) is 6.54 Å². The summed E-state index contributed by atoms with van der Waals surface area (Å²) in [4.78, 5) is 22.5. The zero-order valence-electron chi connectivity index (χ0n) is 13.5. The maximum absolute atomic E-state index is 11.7. The van der Waals surface area contributed by atoms with E-state index in [-0.39, 0.29) is 11.8 Å². The third-order valence-electron chi connectivity index (χ3n) is 3.91. The number of carboxylic acid groups (broad SMARTS) is 1. The highest BCUT2D eigenvalue weighted by Gasteiger charge is 2.48.